The van der Waals surface area contributed by atoms with Crippen LogP contribution >= 0.6 is 0 Å². The maximum absolute atomic E-state index is 11.7. The lowest BCUT2D eigenvalue weighted by molar-refractivity contribution is -0.131. The van der Waals surface area contributed by atoms with Crippen LogP contribution in [0.15, 0.2) is 0 Å². The monoisotopic (exact) mass is 256 g/mol. The summed E-state index contributed by atoms with van der Waals surface area (Å²) in [5.74, 6) is 0.0723. The van der Waals surface area contributed by atoms with E-state index in [0.717, 1.165) is 0 Å². The summed E-state index contributed by atoms with van der Waals surface area (Å²) in [5.41, 5.74) is -0.386. The Balaban J connectivity index is 2.15. The SMILES string of the molecule is CC(C)(C)C(=O)NCCCC(=O)N1CC[C@H](O)C1. The predicted octanol–water partition coefficient (Wildman–Crippen LogP) is 0.522. The second-order valence-electron chi connectivity index (χ2n) is 5.89. The van der Waals surface area contributed by atoms with Crippen LogP contribution in [0.2, 0.25) is 0 Å². The third kappa shape index (κ3) is 4.64. The minimum absolute atomic E-state index is 0.00606. The molecule has 0 aromatic carbocycles. The first kappa shape index (κ1) is 15.0. The molecule has 18 heavy (non-hydrogen) atoms. The summed E-state index contributed by atoms with van der Waals surface area (Å²) in [5, 5.41) is 12.1. The van der Waals surface area contributed by atoms with Gasteiger partial charge in [-0.15, -0.1) is 0 Å². The van der Waals surface area contributed by atoms with Crippen molar-refractivity contribution in [3.63, 3.8) is 0 Å². The van der Waals surface area contributed by atoms with E-state index in [2.05, 4.69) is 5.32 Å². The summed E-state index contributed by atoms with van der Waals surface area (Å²) in [4.78, 5) is 25.0. The number of amides is 2. The molecule has 1 aliphatic heterocycles. The number of aliphatic hydroxyl groups excluding tert-OH is 1. The average molecular weight is 256 g/mol. The lowest BCUT2D eigenvalue weighted by atomic mass is 9.96. The normalized spacial score (nSPS) is 20.0. The van der Waals surface area contributed by atoms with Crippen LogP contribution in [-0.2, 0) is 9.59 Å². The number of hydrogen-bond donors (Lipinski definition) is 2. The largest absolute Gasteiger partial charge is 0.391 e. The number of nitrogens with zero attached hydrogens (tertiary/aromatic N) is 1. The van der Waals surface area contributed by atoms with Crippen molar-refractivity contribution in [2.24, 2.45) is 5.41 Å². The molecule has 2 amide bonds. The predicted molar refractivity (Wildman–Crippen MR) is 68.9 cm³/mol. The summed E-state index contributed by atoms with van der Waals surface area (Å²) < 4.78 is 0. The van der Waals surface area contributed by atoms with E-state index in [0.29, 0.717) is 38.9 Å². The van der Waals surface area contributed by atoms with Crippen LogP contribution in [-0.4, -0.2) is 47.6 Å². The van der Waals surface area contributed by atoms with E-state index in [4.69, 9.17) is 0 Å². The van der Waals surface area contributed by atoms with Crippen LogP contribution in [0, 0.1) is 5.41 Å². The van der Waals surface area contributed by atoms with E-state index in [-0.39, 0.29) is 23.3 Å². The van der Waals surface area contributed by atoms with Crippen LogP contribution in [0.4, 0.5) is 0 Å². The number of β-amino-alcohol motifs (C(OH)–C–C–N with tert-alkyl or cyclic N) is 1. The molecule has 0 radical (unpaired) electrons. The molecule has 5 heteroatoms. The van der Waals surface area contributed by atoms with Gasteiger partial charge in [-0.05, 0) is 12.8 Å². The quantitative estimate of drug-likeness (QED) is 0.721. The number of rotatable bonds is 4. The van der Waals surface area contributed by atoms with Crippen LogP contribution in [0.3, 0.4) is 0 Å². The van der Waals surface area contributed by atoms with E-state index in [1.54, 1.807) is 4.90 Å². The first-order chi connectivity index (χ1) is 8.30. The summed E-state index contributed by atoms with van der Waals surface area (Å²) in [6, 6.07) is 0. The number of carbonyl (C=O) groups is 2. The lowest BCUT2D eigenvalue weighted by Gasteiger charge is -2.18. The molecule has 0 bridgehead atoms. The van der Waals surface area contributed by atoms with E-state index < -0.39 is 0 Å². The smallest absolute Gasteiger partial charge is 0.225 e. The number of hydrogen-bond acceptors (Lipinski definition) is 3. The van der Waals surface area contributed by atoms with Gasteiger partial charge >= 0.3 is 0 Å². The summed E-state index contributed by atoms with van der Waals surface area (Å²) in [7, 11) is 0. The van der Waals surface area contributed by atoms with E-state index in [1.807, 2.05) is 20.8 Å². The highest BCUT2D eigenvalue weighted by molar-refractivity contribution is 5.81. The zero-order valence-electron chi connectivity index (χ0n) is 11.5. The van der Waals surface area contributed by atoms with Gasteiger partial charge in [0.15, 0.2) is 0 Å². The molecule has 5 nitrogen and oxygen atoms in total. The number of nitrogens with one attached hydrogen (secondary N) is 1. The maximum atomic E-state index is 11.7. The van der Waals surface area contributed by atoms with Gasteiger partial charge in [-0.1, -0.05) is 20.8 Å². The first-order valence-electron chi connectivity index (χ1n) is 6.55. The third-order valence-corrected chi connectivity index (χ3v) is 3.05. The number of likely N-dealkylation sites (tertiary alicyclic amines) is 1. The highest BCUT2D eigenvalue weighted by atomic mass is 16.3. The van der Waals surface area contributed by atoms with Crippen LogP contribution in [0.5, 0.6) is 0 Å². The van der Waals surface area contributed by atoms with E-state index in [1.165, 1.54) is 0 Å². The molecule has 1 heterocycles. The molecule has 1 aliphatic rings. The number of carbonyl (C=O) groups excluding carboxylic acids is 2. The second kappa shape index (κ2) is 6.18. The Labute approximate surface area is 109 Å². The third-order valence-electron chi connectivity index (χ3n) is 3.05. The van der Waals surface area contributed by atoms with Gasteiger partial charge < -0.3 is 15.3 Å². The standard InChI is InChI=1S/C13H24N2O3/c1-13(2,3)12(18)14-7-4-5-11(17)15-8-6-10(16)9-15/h10,16H,4-9H2,1-3H3,(H,14,18)/t10-/m0/s1. The Kier molecular flexibility index (Phi) is 5.14. The molecule has 0 aromatic heterocycles. The van der Waals surface area contributed by atoms with Crippen molar-refractivity contribution in [1.29, 1.82) is 0 Å². The molecule has 0 aromatic rings. The van der Waals surface area contributed by atoms with Crippen molar-refractivity contribution in [2.45, 2.75) is 46.1 Å². The highest BCUT2D eigenvalue weighted by Gasteiger charge is 2.24. The van der Waals surface area contributed by atoms with Crippen molar-refractivity contribution >= 4 is 11.8 Å². The molecule has 1 atom stereocenters. The molecule has 1 fully saturated rings. The molecule has 1 rings (SSSR count). The summed E-state index contributed by atoms with van der Waals surface area (Å²) >= 11 is 0. The molecule has 104 valence electrons. The fraction of sp³-hybridized carbons (Fsp3) is 0.846. The first-order valence-corrected chi connectivity index (χ1v) is 6.55. The molecule has 0 aliphatic carbocycles. The maximum Gasteiger partial charge on any atom is 0.225 e. The van der Waals surface area contributed by atoms with Crippen molar-refractivity contribution in [3.05, 3.63) is 0 Å². The Bertz CT molecular complexity index is 310. The minimum atomic E-state index is -0.386. The van der Waals surface area contributed by atoms with Gasteiger partial charge in [0.2, 0.25) is 11.8 Å². The second-order valence-corrected chi connectivity index (χ2v) is 5.89. The van der Waals surface area contributed by atoms with Gasteiger partial charge in [0.25, 0.3) is 0 Å². The Morgan fingerprint density at radius 1 is 1.39 bits per heavy atom. The van der Waals surface area contributed by atoms with Crippen LogP contribution in [0.1, 0.15) is 40.0 Å². The van der Waals surface area contributed by atoms with Gasteiger partial charge in [0, 0.05) is 31.5 Å². The molecule has 0 spiro atoms. The molecular formula is C13H24N2O3. The van der Waals surface area contributed by atoms with Crippen LogP contribution < -0.4 is 5.32 Å². The minimum Gasteiger partial charge on any atom is -0.391 e. The molecule has 1 saturated heterocycles. The lowest BCUT2D eigenvalue weighted by Crippen LogP contribution is -2.36. The molecule has 0 unspecified atom stereocenters. The van der Waals surface area contributed by atoms with Gasteiger partial charge in [-0.25, -0.2) is 0 Å². The van der Waals surface area contributed by atoms with Crippen molar-refractivity contribution in [2.75, 3.05) is 19.6 Å². The van der Waals surface area contributed by atoms with E-state index >= 15 is 0 Å². The molecule has 0 saturated carbocycles. The van der Waals surface area contributed by atoms with Crippen molar-refractivity contribution in [1.82, 2.24) is 10.2 Å². The van der Waals surface area contributed by atoms with Gasteiger partial charge in [-0.2, -0.15) is 0 Å². The Morgan fingerprint density at radius 2 is 2.06 bits per heavy atom. The zero-order valence-corrected chi connectivity index (χ0v) is 11.5. The fourth-order valence-corrected chi connectivity index (χ4v) is 1.83. The van der Waals surface area contributed by atoms with Gasteiger partial charge in [-0.3, -0.25) is 9.59 Å². The Hall–Kier alpha value is -1.10. The van der Waals surface area contributed by atoms with Gasteiger partial charge in [0.1, 0.15) is 0 Å². The Morgan fingerprint density at radius 3 is 2.56 bits per heavy atom. The van der Waals surface area contributed by atoms with Crippen LogP contribution in [0.25, 0.3) is 0 Å². The summed E-state index contributed by atoms with van der Waals surface area (Å²) in [6.45, 7) is 7.21. The number of aliphatic hydroxyl groups is 1. The topological polar surface area (TPSA) is 69.6 Å². The summed E-state index contributed by atoms with van der Waals surface area (Å²) in [6.07, 6.45) is 1.38. The van der Waals surface area contributed by atoms with Crippen molar-refractivity contribution < 1.29 is 14.7 Å². The highest BCUT2D eigenvalue weighted by Crippen LogP contribution is 2.13. The molecule has 2 N–H and O–H groups in total. The fourth-order valence-electron chi connectivity index (χ4n) is 1.83. The molecular weight excluding hydrogens is 232 g/mol. The van der Waals surface area contributed by atoms with Gasteiger partial charge in [0.05, 0.1) is 6.10 Å². The zero-order chi connectivity index (χ0) is 13.8. The van der Waals surface area contributed by atoms with E-state index in [9.17, 15) is 14.7 Å². The average Bonchev–Trinajstić information content (AvgIpc) is 2.69. The van der Waals surface area contributed by atoms with Crippen molar-refractivity contribution in [3.8, 4) is 0 Å².